The number of hydrogen-bond acceptors (Lipinski definition) is 0. The molecule has 14 heavy (non-hydrogen) atoms. The van der Waals surface area contributed by atoms with E-state index in [1.807, 2.05) is 0 Å². The van der Waals surface area contributed by atoms with E-state index in [0.717, 1.165) is 23.2 Å². The largest absolute Gasteiger partial charge is 0.103 e. The van der Waals surface area contributed by atoms with E-state index in [0.29, 0.717) is 0 Å². The molecular formula is C14H22. The number of rotatable bonds is 2. The van der Waals surface area contributed by atoms with Crippen LogP contribution in [0.2, 0.25) is 0 Å². The quantitative estimate of drug-likeness (QED) is 0.573. The van der Waals surface area contributed by atoms with E-state index in [1.165, 1.54) is 32.1 Å². The standard InChI is InChI=1S/C14H22/c1-2-8-14-9-4-7-13(14)12-6-3-5-11(12)10-14/h2,11-13H,1,3-10H2/t11-,12-,13+,14-/m0/s1. The summed E-state index contributed by atoms with van der Waals surface area (Å²) in [6.07, 6.45) is 14.2. The minimum absolute atomic E-state index is 0.734. The predicted octanol–water partition coefficient (Wildman–Crippen LogP) is 4.17. The second-order valence-corrected chi connectivity index (χ2v) is 5.91. The zero-order valence-electron chi connectivity index (χ0n) is 9.17. The molecule has 0 saturated heterocycles. The molecule has 3 fully saturated rings. The molecule has 0 heterocycles. The molecule has 0 radical (unpaired) electrons. The lowest BCUT2D eigenvalue weighted by Gasteiger charge is -2.30. The van der Waals surface area contributed by atoms with E-state index in [-0.39, 0.29) is 0 Å². The molecule has 0 aliphatic heterocycles. The van der Waals surface area contributed by atoms with Gasteiger partial charge in [-0.2, -0.15) is 0 Å². The van der Waals surface area contributed by atoms with E-state index in [4.69, 9.17) is 0 Å². The van der Waals surface area contributed by atoms with Crippen LogP contribution in [0.3, 0.4) is 0 Å². The highest BCUT2D eigenvalue weighted by Crippen LogP contribution is 2.64. The normalized spacial score (nSPS) is 50.4. The minimum atomic E-state index is 0.734. The zero-order chi connectivity index (χ0) is 9.60. The fourth-order valence-electron chi connectivity index (χ4n) is 5.08. The van der Waals surface area contributed by atoms with Crippen LogP contribution in [0.15, 0.2) is 12.7 Å². The van der Waals surface area contributed by atoms with Gasteiger partial charge in [-0.3, -0.25) is 0 Å². The van der Waals surface area contributed by atoms with Gasteiger partial charge in [-0.15, -0.1) is 6.58 Å². The third-order valence-electron chi connectivity index (χ3n) is 5.43. The van der Waals surface area contributed by atoms with Crippen molar-refractivity contribution >= 4 is 0 Å². The van der Waals surface area contributed by atoms with Crippen molar-refractivity contribution < 1.29 is 0 Å². The summed E-state index contributed by atoms with van der Waals surface area (Å²) < 4.78 is 0. The lowest BCUT2D eigenvalue weighted by molar-refractivity contribution is 0.210. The van der Waals surface area contributed by atoms with Crippen LogP contribution in [0, 0.1) is 23.2 Å². The maximum absolute atomic E-state index is 3.97. The summed E-state index contributed by atoms with van der Waals surface area (Å²) >= 11 is 0. The topological polar surface area (TPSA) is 0 Å². The Kier molecular flexibility index (Phi) is 2.00. The number of hydrogen-bond donors (Lipinski definition) is 0. The molecule has 0 aromatic carbocycles. The molecule has 0 bridgehead atoms. The summed E-state index contributed by atoms with van der Waals surface area (Å²) in [5.41, 5.74) is 0.734. The van der Waals surface area contributed by atoms with E-state index in [2.05, 4.69) is 12.7 Å². The van der Waals surface area contributed by atoms with Crippen molar-refractivity contribution in [3.63, 3.8) is 0 Å². The second-order valence-electron chi connectivity index (χ2n) is 5.91. The first-order valence-electron chi connectivity index (χ1n) is 6.47. The SMILES string of the molecule is C=CC[C@@]12CCC[C@@H]1[C@H]1CCC[C@H]1C2. The summed E-state index contributed by atoms with van der Waals surface area (Å²) in [6.45, 7) is 3.97. The van der Waals surface area contributed by atoms with Crippen molar-refractivity contribution in [2.75, 3.05) is 0 Å². The molecular weight excluding hydrogens is 168 g/mol. The number of fused-ring (bicyclic) bond motifs is 3. The van der Waals surface area contributed by atoms with Gasteiger partial charge in [0, 0.05) is 0 Å². The number of allylic oxidation sites excluding steroid dienone is 1. The minimum Gasteiger partial charge on any atom is -0.103 e. The Morgan fingerprint density at radius 2 is 2.14 bits per heavy atom. The Hall–Kier alpha value is -0.260. The molecule has 0 amide bonds. The first kappa shape index (κ1) is 9.00. The van der Waals surface area contributed by atoms with Gasteiger partial charge in [0.1, 0.15) is 0 Å². The summed E-state index contributed by atoms with van der Waals surface area (Å²) in [4.78, 5) is 0. The molecule has 0 spiro atoms. The van der Waals surface area contributed by atoms with Crippen LogP contribution < -0.4 is 0 Å². The van der Waals surface area contributed by atoms with E-state index in [1.54, 1.807) is 19.3 Å². The van der Waals surface area contributed by atoms with Crippen molar-refractivity contribution in [1.29, 1.82) is 0 Å². The van der Waals surface area contributed by atoms with Crippen LogP contribution in [-0.4, -0.2) is 0 Å². The molecule has 3 aliphatic rings. The molecule has 0 aromatic heterocycles. The third-order valence-corrected chi connectivity index (χ3v) is 5.43. The van der Waals surface area contributed by atoms with Crippen molar-refractivity contribution in [2.24, 2.45) is 23.2 Å². The first-order chi connectivity index (χ1) is 6.86. The van der Waals surface area contributed by atoms with Gasteiger partial charge in [0.15, 0.2) is 0 Å². The highest BCUT2D eigenvalue weighted by atomic mass is 14.6. The summed E-state index contributed by atoms with van der Waals surface area (Å²) in [7, 11) is 0. The highest BCUT2D eigenvalue weighted by molar-refractivity contribution is 5.07. The van der Waals surface area contributed by atoms with Crippen molar-refractivity contribution in [2.45, 2.75) is 51.4 Å². The van der Waals surface area contributed by atoms with E-state index < -0.39 is 0 Å². The summed E-state index contributed by atoms with van der Waals surface area (Å²) in [5, 5.41) is 0. The van der Waals surface area contributed by atoms with Gasteiger partial charge in [-0.05, 0) is 55.3 Å². The van der Waals surface area contributed by atoms with E-state index in [9.17, 15) is 0 Å². The second kappa shape index (κ2) is 3.12. The van der Waals surface area contributed by atoms with Gasteiger partial charge in [-0.1, -0.05) is 25.3 Å². The molecule has 0 N–H and O–H groups in total. The van der Waals surface area contributed by atoms with Crippen molar-refractivity contribution in [3.05, 3.63) is 12.7 Å². The van der Waals surface area contributed by atoms with Gasteiger partial charge in [0.2, 0.25) is 0 Å². The fourth-order valence-corrected chi connectivity index (χ4v) is 5.08. The lowest BCUT2D eigenvalue weighted by Crippen LogP contribution is -2.21. The average Bonchev–Trinajstić information content (AvgIpc) is 2.74. The third kappa shape index (κ3) is 1.06. The Labute approximate surface area is 87.8 Å². The Balaban J connectivity index is 1.87. The Morgan fingerprint density at radius 3 is 3.00 bits per heavy atom. The summed E-state index contributed by atoms with van der Waals surface area (Å²) in [6, 6.07) is 0. The molecule has 3 rings (SSSR count). The van der Waals surface area contributed by atoms with Crippen LogP contribution in [0.25, 0.3) is 0 Å². The maximum atomic E-state index is 3.97. The van der Waals surface area contributed by atoms with Crippen LogP contribution in [0.1, 0.15) is 51.4 Å². The monoisotopic (exact) mass is 190 g/mol. The van der Waals surface area contributed by atoms with Crippen molar-refractivity contribution in [1.82, 2.24) is 0 Å². The van der Waals surface area contributed by atoms with Crippen LogP contribution in [-0.2, 0) is 0 Å². The molecule has 3 aliphatic carbocycles. The van der Waals surface area contributed by atoms with Crippen LogP contribution in [0.5, 0.6) is 0 Å². The molecule has 0 heteroatoms. The Bertz CT molecular complexity index is 242. The summed E-state index contributed by atoms with van der Waals surface area (Å²) in [5.74, 6) is 3.32. The molecule has 0 aromatic rings. The fraction of sp³-hybridized carbons (Fsp3) is 0.857. The van der Waals surface area contributed by atoms with Crippen LogP contribution in [0.4, 0.5) is 0 Å². The van der Waals surface area contributed by atoms with Gasteiger partial charge >= 0.3 is 0 Å². The van der Waals surface area contributed by atoms with Gasteiger partial charge in [0.25, 0.3) is 0 Å². The lowest BCUT2D eigenvalue weighted by atomic mass is 9.75. The molecule has 0 unspecified atom stereocenters. The zero-order valence-corrected chi connectivity index (χ0v) is 9.17. The first-order valence-corrected chi connectivity index (χ1v) is 6.47. The predicted molar refractivity (Wildman–Crippen MR) is 60.0 cm³/mol. The molecule has 4 atom stereocenters. The maximum Gasteiger partial charge on any atom is -0.0229 e. The smallest absolute Gasteiger partial charge is 0.0229 e. The van der Waals surface area contributed by atoms with Crippen LogP contribution >= 0.6 is 0 Å². The molecule has 3 saturated carbocycles. The van der Waals surface area contributed by atoms with Gasteiger partial charge in [0.05, 0.1) is 0 Å². The molecule has 0 nitrogen and oxygen atoms in total. The van der Waals surface area contributed by atoms with Crippen molar-refractivity contribution in [3.8, 4) is 0 Å². The Morgan fingerprint density at radius 1 is 1.21 bits per heavy atom. The van der Waals surface area contributed by atoms with Gasteiger partial charge in [-0.25, -0.2) is 0 Å². The van der Waals surface area contributed by atoms with E-state index >= 15 is 0 Å². The van der Waals surface area contributed by atoms with Gasteiger partial charge < -0.3 is 0 Å². The molecule has 78 valence electrons. The highest BCUT2D eigenvalue weighted by Gasteiger charge is 2.55. The average molecular weight is 190 g/mol.